The number of benzene rings is 1. The van der Waals surface area contributed by atoms with Gasteiger partial charge in [0.25, 0.3) is 0 Å². The average Bonchev–Trinajstić information content (AvgIpc) is 2.67. The van der Waals surface area contributed by atoms with Crippen LogP contribution < -0.4 is 0 Å². The van der Waals surface area contributed by atoms with E-state index in [2.05, 4.69) is 11.1 Å². The second-order valence-corrected chi connectivity index (χ2v) is 6.91. The van der Waals surface area contributed by atoms with Crippen molar-refractivity contribution in [3.63, 3.8) is 0 Å². The Balaban J connectivity index is 1.87. The fourth-order valence-electron chi connectivity index (χ4n) is 2.83. The number of nitriles is 1. The zero-order valence-corrected chi connectivity index (χ0v) is 14.2. The van der Waals surface area contributed by atoms with Crippen LogP contribution in [0.4, 0.5) is 0 Å². The first-order chi connectivity index (χ1) is 11.8. The van der Waals surface area contributed by atoms with Crippen LogP contribution in [0.15, 0.2) is 53.7 Å². The van der Waals surface area contributed by atoms with Gasteiger partial charge in [-0.2, -0.15) is 5.26 Å². The molecule has 5 heteroatoms. The van der Waals surface area contributed by atoms with Crippen LogP contribution in [-0.4, -0.2) is 28.9 Å². The van der Waals surface area contributed by atoms with Crippen molar-refractivity contribution in [1.82, 2.24) is 9.88 Å². The van der Waals surface area contributed by atoms with E-state index in [1.807, 2.05) is 35.2 Å². The van der Waals surface area contributed by atoms with Crippen LogP contribution in [0.2, 0.25) is 0 Å². The summed E-state index contributed by atoms with van der Waals surface area (Å²) in [6.07, 6.45) is 4.95. The van der Waals surface area contributed by atoms with Crippen molar-refractivity contribution in [3.05, 3.63) is 59.8 Å². The van der Waals surface area contributed by atoms with E-state index in [1.165, 1.54) is 18.2 Å². The number of amides is 1. The number of likely N-dealkylation sites (tertiary alicyclic amines) is 1. The highest BCUT2D eigenvalue weighted by Crippen LogP contribution is 2.36. The van der Waals surface area contributed by atoms with Crippen molar-refractivity contribution < 1.29 is 4.79 Å². The van der Waals surface area contributed by atoms with E-state index in [0.717, 1.165) is 31.5 Å². The summed E-state index contributed by atoms with van der Waals surface area (Å²) >= 11 is 1.42. The van der Waals surface area contributed by atoms with Crippen LogP contribution in [0.5, 0.6) is 0 Å². The number of hydrogen-bond acceptors (Lipinski definition) is 4. The van der Waals surface area contributed by atoms with E-state index in [-0.39, 0.29) is 11.2 Å². The predicted octanol–water partition coefficient (Wildman–Crippen LogP) is 3.80. The molecule has 2 heterocycles. The highest BCUT2D eigenvalue weighted by Gasteiger charge is 2.28. The predicted molar refractivity (Wildman–Crippen MR) is 94.4 cm³/mol. The average molecular weight is 337 g/mol. The minimum absolute atomic E-state index is 0.134. The first kappa shape index (κ1) is 16.5. The van der Waals surface area contributed by atoms with Gasteiger partial charge in [-0.3, -0.25) is 4.79 Å². The number of carbonyl (C=O) groups excluding carboxylic acids is 1. The molecule has 1 amide bonds. The quantitative estimate of drug-likeness (QED) is 0.796. The molecule has 1 aromatic heterocycles. The molecule has 1 aliphatic rings. The van der Waals surface area contributed by atoms with E-state index in [1.54, 1.807) is 18.3 Å². The Morgan fingerprint density at radius 1 is 1.17 bits per heavy atom. The maximum absolute atomic E-state index is 13.1. The van der Waals surface area contributed by atoms with Gasteiger partial charge in [-0.25, -0.2) is 4.98 Å². The second-order valence-electron chi connectivity index (χ2n) is 5.79. The lowest BCUT2D eigenvalue weighted by atomic mass is 10.1. The molecule has 0 bridgehead atoms. The number of carbonyl (C=O) groups is 1. The Kier molecular flexibility index (Phi) is 5.50. The van der Waals surface area contributed by atoms with Crippen LogP contribution in [0.3, 0.4) is 0 Å². The van der Waals surface area contributed by atoms with Crippen molar-refractivity contribution in [2.45, 2.75) is 29.5 Å². The van der Waals surface area contributed by atoms with Gasteiger partial charge in [-0.15, -0.1) is 0 Å². The highest BCUT2D eigenvalue weighted by atomic mass is 32.2. The number of pyridine rings is 1. The SMILES string of the molecule is N#Cc1ccnc(S[C@@H](C(=O)N2CCCCC2)c2ccccc2)c1. The molecular weight excluding hydrogens is 318 g/mol. The lowest BCUT2D eigenvalue weighted by Gasteiger charge is -2.30. The summed E-state index contributed by atoms with van der Waals surface area (Å²) in [5, 5.41) is 9.44. The Morgan fingerprint density at radius 3 is 2.62 bits per heavy atom. The summed E-state index contributed by atoms with van der Waals surface area (Å²) < 4.78 is 0. The van der Waals surface area contributed by atoms with Gasteiger partial charge in [0, 0.05) is 19.3 Å². The molecule has 1 fully saturated rings. The van der Waals surface area contributed by atoms with Gasteiger partial charge < -0.3 is 4.90 Å². The zero-order chi connectivity index (χ0) is 16.8. The largest absolute Gasteiger partial charge is 0.341 e. The third-order valence-electron chi connectivity index (χ3n) is 4.10. The number of rotatable bonds is 4. The number of nitrogens with zero attached hydrogens (tertiary/aromatic N) is 3. The van der Waals surface area contributed by atoms with E-state index in [9.17, 15) is 4.79 Å². The van der Waals surface area contributed by atoms with Crippen molar-refractivity contribution in [1.29, 1.82) is 5.26 Å². The molecular formula is C19H19N3OS. The van der Waals surface area contributed by atoms with Crippen molar-refractivity contribution in [3.8, 4) is 6.07 Å². The van der Waals surface area contributed by atoms with Crippen molar-refractivity contribution in [2.75, 3.05) is 13.1 Å². The number of piperidine rings is 1. The fraction of sp³-hybridized carbons (Fsp3) is 0.316. The zero-order valence-electron chi connectivity index (χ0n) is 13.4. The molecule has 0 unspecified atom stereocenters. The van der Waals surface area contributed by atoms with Gasteiger partial charge in [0.05, 0.1) is 16.7 Å². The first-order valence-corrected chi connectivity index (χ1v) is 9.02. The maximum atomic E-state index is 13.1. The fourth-order valence-corrected chi connectivity index (χ4v) is 3.93. The molecule has 0 saturated carbocycles. The molecule has 1 aromatic carbocycles. The summed E-state index contributed by atoms with van der Waals surface area (Å²) in [4.78, 5) is 19.4. The van der Waals surface area contributed by atoms with Crippen molar-refractivity contribution in [2.24, 2.45) is 0 Å². The summed E-state index contributed by atoms with van der Waals surface area (Å²) in [7, 11) is 0. The summed E-state index contributed by atoms with van der Waals surface area (Å²) in [6.45, 7) is 1.66. The minimum atomic E-state index is -0.328. The number of hydrogen-bond donors (Lipinski definition) is 0. The minimum Gasteiger partial charge on any atom is -0.341 e. The van der Waals surface area contributed by atoms with Crippen LogP contribution in [0.25, 0.3) is 0 Å². The summed E-state index contributed by atoms with van der Waals surface area (Å²) in [6, 6.07) is 15.3. The van der Waals surface area contributed by atoms with E-state index >= 15 is 0 Å². The second kappa shape index (κ2) is 7.98. The lowest BCUT2D eigenvalue weighted by molar-refractivity contribution is -0.131. The molecule has 2 aromatic rings. The van der Waals surface area contributed by atoms with Crippen LogP contribution in [-0.2, 0) is 4.79 Å². The number of aromatic nitrogens is 1. The van der Waals surface area contributed by atoms with E-state index in [4.69, 9.17) is 5.26 Å². The van der Waals surface area contributed by atoms with Gasteiger partial charge in [-0.1, -0.05) is 42.1 Å². The van der Waals surface area contributed by atoms with E-state index in [0.29, 0.717) is 10.6 Å². The number of thioether (sulfide) groups is 1. The molecule has 1 aliphatic heterocycles. The molecule has 1 saturated heterocycles. The first-order valence-electron chi connectivity index (χ1n) is 8.14. The van der Waals surface area contributed by atoms with Gasteiger partial charge in [0.2, 0.25) is 5.91 Å². The Hall–Kier alpha value is -2.32. The molecule has 122 valence electrons. The molecule has 4 nitrogen and oxygen atoms in total. The Morgan fingerprint density at radius 2 is 1.92 bits per heavy atom. The Bertz CT molecular complexity index is 736. The standard InChI is InChI=1S/C19H19N3OS/c20-14-15-9-10-21-17(13-15)24-18(16-7-3-1-4-8-16)19(23)22-11-5-2-6-12-22/h1,3-4,7-10,13,18H,2,5-6,11-12H2/t18-/m1/s1. The molecule has 0 spiro atoms. The molecule has 0 N–H and O–H groups in total. The summed E-state index contributed by atoms with van der Waals surface area (Å²) in [5.74, 6) is 0.134. The van der Waals surface area contributed by atoms with Gasteiger partial charge in [0.1, 0.15) is 5.25 Å². The third-order valence-corrected chi connectivity index (χ3v) is 5.27. The van der Waals surface area contributed by atoms with Crippen LogP contribution in [0.1, 0.15) is 35.6 Å². The highest BCUT2D eigenvalue weighted by molar-refractivity contribution is 8.00. The monoisotopic (exact) mass is 337 g/mol. The molecule has 24 heavy (non-hydrogen) atoms. The van der Waals surface area contributed by atoms with Gasteiger partial charge >= 0.3 is 0 Å². The molecule has 0 aliphatic carbocycles. The van der Waals surface area contributed by atoms with Crippen molar-refractivity contribution >= 4 is 17.7 Å². The topological polar surface area (TPSA) is 57.0 Å². The van der Waals surface area contributed by atoms with E-state index < -0.39 is 0 Å². The Labute approximate surface area is 146 Å². The molecule has 1 atom stereocenters. The van der Waals surface area contributed by atoms with Gasteiger partial charge in [-0.05, 0) is 37.0 Å². The lowest BCUT2D eigenvalue weighted by Crippen LogP contribution is -2.38. The third kappa shape index (κ3) is 3.95. The molecule has 0 radical (unpaired) electrons. The van der Waals surface area contributed by atoms with Crippen LogP contribution in [0, 0.1) is 11.3 Å². The van der Waals surface area contributed by atoms with Gasteiger partial charge in [0.15, 0.2) is 0 Å². The molecule has 3 rings (SSSR count). The maximum Gasteiger partial charge on any atom is 0.240 e. The summed E-state index contributed by atoms with van der Waals surface area (Å²) in [5.41, 5.74) is 1.53. The normalized spacial score (nSPS) is 15.5. The smallest absolute Gasteiger partial charge is 0.240 e. The van der Waals surface area contributed by atoms with Crippen LogP contribution >= 0.6 is 11.8 Å².